The Hall–Kier alpha value is -1.78. The van der Waals surface area contributed by atoms with Crippen LogP contribution in [0.25, 0.3) is 0 Å². The van der Waals surface area contributed by atoms with Crippen molar-refractivity contribution in [2.45, 2.75) is 12.8 Å². The summed E-state index contributed by atoms with van der Waals surface area (Å²) in [5.74, 6) is -0.345. The van der Waals surface area contributed by atoms with Crippen molar-refractivity contribution in [3.63, 3.8) is 0 Å². The summed E-state index contributed by atoms with van der Waals surface area (Å²) in [7, 11) is 0. The zero-order chi connectivity index (χ0) is 16.8. The molecule has 1 heterocycles. The van der Waals surface area contributed by atoms with Crippen molar-refractivity contribution in [3.05, 3.63) is 71.3 Å². The summed E-state index contributed by atoms with van der Waals surface area (Å²) in [4.78, 5) is 4.94. The van der Waals surface area contributed by atoms with Gasteiger partial charge in [-0.2, -0.15) is 0 Å². The molecule has 0 saturated carbocycles. The first kappa shape index (κ1) is 17.1. The maximum absolute atomic E-state index is 12.9. The number of rotatable bonds is 6. The molecule has 1 aliphatic heterocycles. The molecular formula is C20H24F2N2. The van der Waals surface area contributed by atoms with Crippen LogP contribution in [0.1, 0.15) is 11.1 Å². The van der Waals surface area contributed by atoms with Crippen LogP contribution in [-0.2, 0) is 12.8 Å². The second kappa shape index (κ2) is 8.36. The highest BCUT2D eigenvalue weighted by atomic mass is 19.1. The Kier molecular flexibility index (Phi) is 5.94. The monoisotopic (exact) mass is 330 g/mol. The van der Waals surface area contributed by atoms with Gasteiger partial charge in [-0.3, -0.25) is 0 Å². The fourth-order valence-corrected chi connectivity index (χ4v) is 3.11. The van der Waals surface area contributed by atoms with Crippen molar-refractivity contribution in [1.29, 1.82) is 0 Å². The third-order valence-corrected chi connectivity index (χ3v) is 4.72. The lowest BCUT2D eigenvalue weighted by atomic mass is 10.1. The van der Waals surface area contributed by atoms with Gasteiger partial charge >= 0.3 is 0 Å². The van der Waals surface area contributed by atoms with E-state index in [-0.39, 0.29) is 11.6 Å². The molecule has 0 atom stereocenters. The minimum atomic E-state index is -0.173. The van der Waals surface area contributed by atoms with E-state index in [2.05, 4.69) is 9.80 Å². The molecular weight excluding hydrogens is 306 g/mol. The lowest BCUT2D eigenvalue weighted by molar-refractivity contribution is 0.134. The van der Waals surface area contributed by atoms with Crippen LogP contribution in [0.15, 0.2) is 48.5 Å². The van der Waals surface area contributed by atoms with Crippen LogP contribution in [-0.4, -0.2) is 49.1 Å². The topological polar surface area (TPSA) is 6.48 Å². The molecule has 2 aromatic carbocycles. The predicted molar refractivity (Wildman–Crippen MR) is 93.1 cm³/mol. The van der Waals surface area contributed by atoms with Crippen LogP contribution in [0, 0.1) is 11.6 Å². The number of hydrogen-bond acceptors (Lipinski definition) is 2. The molecule has 0 aromatic heterocycles. The van der Waals surface area contributed by atoms with Gasteiger partial charge in [-0.1, -0.05) is 24.3 Å². The predicted octanol–water partition coefficient (Wildman–Crippen LogP) is 3.37. The summed E-state index contributed by atoms with van der Waals surface area (Å²) in [5.41, 5.74) is 2.38. The normalized spacial score (nSPS) is 16.4. The first-order valence-electron chi connectivity index (χ1n) is 8.63. The van der Waals surface area contributed by atoms with Crippen LogP contribution in [0.5, 0.6) is 0 Å². The third-order valence-electron chi connectivity index (χ3n) is 4.72. The molecule has 0 bridgehead atoms. The van der Waals surface area contributed by atoms with E-state index in [0.717, 1.165) is 52.1 Å². The van der Waals surface area contributed by atoms with Gasteiger partial charge in [0.25, 0.3) is 0 Å². The number of nitrogens with zero attached hydrogens (tertiary/aromatic N) is 2. The largest absolute Gasteiger partial charge is 0.300 e. The van der Waals surface area contributed by atoms with Crippen molar-refractivity contribution >= 4 is 0 Å². The van der Waals surface area contributed by atoms with Crippen molar-refractivity contribution in [2.75, 3.05) is 39.3 Å². The lowest BCUT2D eigenvalue weighted by Gasteiger charge is -2.34. The molecule has 0 unspecified atom stereocenters. The zero-order valence-electron chi connectivity index (χ0n) is 13.9. The van der Waals surface area contributed by atoms with Crippen molar-refractivity contribution in [2.24, 2.45) is 0 Å². The van der Waals surface area contributed by atoms with Gasteiger partial charge in [-0.15, -0.1) is 0 Å². The highest BCUT2D eigenvalue weighted by Gasteiger charge is 2.16. The lowest BCUT2D eigenvalue weighted by Crippen LogP contribution is -2.47. The molecule has 128 valence electrons. The number of hydrogen-bond donors (Lipinski definition) is 0. The summed E-state index contributed by atoms with van der Waals surface area (Å²) in [6.07, 6.45) is 1.94. The van der Waals surface area contributed by atoms with Gasteiger partial charge in [0.15, 0.2) is 0 Å². The average Bonchev–Trinajstić information content (AvgIpc) is 2.62. The average molecular weight is 330 g/mol. The molecule has 0 aliphatic carbocycles. The summed E-state index contributed by atoms with van der Waals surface area (Å²) in [6.45, 7) is 6.35. The fourth-order valence-electron chi connectivity index (χ4n) is 3.11. The smallest absolute Gasteiger partial charge is 0.123 e. The molecule has 0 amide bonds. The first-order chi connectivity index (χ1) is 11.7. The summed E-state index contributed by atoms with van der Waals surface area (Å²) >= 11 is 0. The Balaban J connectivity index is 1.36. The van der Waals surface area contributed by atoms with Gasteiger partial charge in [-0.05, 0) is 48.2 Å². The van der Waals surface area contributed by atoms with Crippen LogP contribution >= 0.6 is 0 Å². The molecule has 0 N–H and O–H groups in total. The van der Waals surface area contributed by atoms with E-state index in [4.69, 9.17) is 0 Å². The highest BCUT2D eigenvalue weighted by Crippen LogP contribution is 2.09. The van der Waals surface area contributed by atoms with Gasteiger partial charge in [0.2, 0.25) is 0 Å². The second-order valence-electron chi connectivity index (χ2n) is 6.44. The van der Waals surface area contributed by atoms with Gasteiger partial charge in [0.05, 0.1) is 0 Å². The number of piperazine rings is 1. The summed E-state index contributed by atoms with van der Waals surface area (Å²) in [5, 5.41) is 0. The second-order valence-corrected chi connectivity index (χ2v) is 6.44. The van der Waals surface area contributed by atoms with E-state index in [9.17, 15) is 8.78 Å². The Labute approximate surface area is 142 Å². The fraction of sp³-hybridized carbons (Fsp3) is 0.400. The van der Waals surface area contributed by atoms with Crippen LogP contribution in [0.3, 0.4) is 0 Å². The maximum atomic E-state index is 12.9. The standard InChI is InChI=1S/C20H24F2N2/c21-19-5-1-17(2-6-19)9-11-23-13-15-24(16-14-23)12-10-18-3-7-20(22)8-4-18/h1-8H,9-16H2. The molecule has 1 fully saturated rings. The van der Waals surface area contributed by atoms with E-state index in [0.29, 0.717) is 0 Å². The molecule has 2 aromatic rings. The van der Waals surface area contributed by atoms with Crippen molar-refractivity contribution in [1.82, 2.24) is 9.80 Å². The van der Waals surface area contributed by atoms with E-state index in [1.807, 2.05) is 24.3 Å². The van der Waals surface area contributed by atoms with Gasteiger partial charge in [0, 0.05) is 39.3 Å². The molecule has 4 heteroatoms. The van der Waals surface area contributed by atoms with Crippen LogP contribution in [0.2, 0.25) is 0 Å². The molecule has 1 saturated heterocycles. The van der Waals surface area contributed by atoms with Crippen LogP contribution in [0.4, 0.5) is 8.78 Å². The summed E-state index contributed by atoms with van der Waals surface area (Å²) in [6, 6.07) is 13.6. The highest BCUT2D eigenvalue weighted by molar-refractivity contribution is 5.17. The number of benzene rings is 2. The van der Waals surface area contributed by atoms with Gasteiger partial charge in [0.1, 0.15) is 11.6 Å². The van der Waals surface area contributed by atoms with E-state index in [1.165, 1.54) is 35.4 Å². The minimum Gasteiger partial charge on any atom is -0.300 e. The zero-order valence-corrected chi connectivity index (χ0v) is 13.9. The molecule has 1 aliphatic rings. The van der Waals surface area contributed by atoms with Crippen molar-refractivity contribution in [3.8, 4) is 0 Å². The Morgan fingerprint density at radius 3 is 1.25 bits per heavy atom. The Morgan fingerprint density at radius 1 is 0.583 bits per heavy atom. The summed E-state index contributed by atoms with van der Waals surface area (Å²) < 4.78 is 25.8. The van der Waals surface area contributed by atoms with E-state index < -0.39 is 0 Å². The minimum absolute atomic E-state index is 0.173. The molecule has 0 radical (unpaired) electrons. The quantitative estimate of drug-likeness (QED) is 0.801. The molecule has 2 nitrogen and oxygen atoms in total. The molecule has 0 spiro atoms. The van der Waals surface area contributed by atoms with Gasteiger partial charge in [-0.25, -0.2) is 8.78 Å². The first-order valence-corrected chi connectivity index (χ1v) is 8.63. The van der Waals surface area contributed by atoms with E-state index >= 15 is 0 Å². The molecule has 24 heavy (non-hydrogen) atoms. The number of halogens is 2. The Morgan fingerprint density at radius 2 is 0.917 bits per heavy atom. The maximum Gasteiger partial charge on any atom is 0.123 e. The van der Waals surface area contributed by atoms with Crippen molar-refractivity contribution < 1.29 is 8.78 Å². The van der Waals surface area contributed by atoms with Gasteiger partial charge < -0.3 is 9.80 Å². The molecule has 3 rings (SSSR count). The van der Waals surface area contributed by atoms with Crippen LogP contribution < -0.4 is 0 Å². The Bertz CT molecular complexity index is 560. The SMILES string of the molecule is Fc1ccc(CCN2CCN(CCc3ccc(F)cc3)CC2)cc1. The third kappa shape index (κ3) is 5.11. The van der Waals surface area contributed by atoms with E-state index in [1.54, 1.807) is 0 Å².